The van der Waals surface area contributed by atoms with E-state index in [1.807, 2.05) is 25.1 Å². The molecule has 2 fully saturated rings. The fourth-order valence-electron chi connectivity index (χ4n) is 4.24. The zero-order valence-corrected chi connectivity index (χ0v) is 19.3. The van der Waals surface area contributed by atoms with Crippen LogP contribution in [-0.2, 0) is 10.0 Å². The van der Waals surface area contributed by atoms with E-state index >= 15 is 0 Å². The lowest BCUT2D eigenvalue weighted by Crippen LogP contribution is -2.41. The van der Waals surface area contributed by atoms with Crippen molar-refractivity contribution in [1.82, 2.24) is 9.21 Å². The van der Waals surface area contributed by atoms with Gasteiger partial charge in [0, 0.05) is 44.6 Å². The van der Waals surface area contributed by atoms with Gasteiger partial charge < -0.3 is 9.64 Å². The van der Waals surface area contributed by atoms with Crippen LogP contribution in [0.1, 0.15) is 47.2 Å². The van der Waals surface area contributed by atoms with E-state index in [1.165, 1.54) is 27.6 Å². The summed E-state index contributed by atoms with van der Waals surface area (Å²) in [7, 11) is -3.94. The van der Waals surface area contributed by atoms with E-state index < -0.39 is 20.7 Å². The second kappa shape index (κ2) is 9.19. The van der Waals surface area contributed by atoms with Crippen LogP contribution in [0.2, 0.25) is 0 Å². The third-order valence-electron chi connectivity index (χ3n) is 6.37. The topological polar surface area (TPSA) is 66.9 Å². The number of ether oxygens (including phenoxy) is 1. The van der Waals surface area contributed by atoms with Gasteiger partial charge in [-0.1, -0.05) is 6.07 Å². The average molecular weight is 461 g/mol. The molecule has 172 valence electrons. The first-order valence-corrected chi connectivity index (χ1v) is 12.5. The Bertz CT molecular complexity index is 1100. The van der Waals surface area contributed by atoms with Crippen LogP contribution in [0.15, 0.2) is 41.3 Å². The molecule has 0 spiro atoms. The van der Waals surface area contributed by atoms with Gasteiger partial charge in [0.25, 0.3) is 5.91 Å². The van der Waals surface area contributed by atoms with Gasteiger partial charge in [-0.25, -0.2) is 12.8 Å². The van der Waals surface area contributed by atoms with Gasteiger partial charge >= 0.3 is 0 Å². The lowest BCUT2D eigenvalue weighted by atomic mass is 10.1. The number of benzene rings is 2. The average Bonchev–Trinajstić information content (AvgIpc) is 3.33. The van der Waals surface area contributed by atoms with Crippen LogP contribution in [0.3, 0.4) is 0 Å². The Balaban J connectivity index is 1.42. The Kier molecular flexibility index (Phi) is 6.53. The molecular weight excluding hydrogens is 431 g/mol. The van der Waals surface area contributed by atoms with E-state index in [2.05, 4.69) is 6.92 Å². The minimum atomic E-state index is -3.94. The number of aryl methyl sites for hydroxylation is 2. The van der Waals surface area contributed by atoms with Crippen molar-refractivity contribution < 1.29 is 22.3 Å². The molecule has 2 heterocycles. The first kappa shape index (κ1) is 22.7. The normalized spacial score (nSPS) is 18.2. The smallest absolute Gasteiger partial charge is 0.253 e. The lowest BCUT2D eigenvalue weighted by molar-refractivity contribution is 0.0595. The fourth-order valence-corrected chi connectivity index (χ4v) is 5.85. The zero-order chi connectivity index (χ0) is 22.9. The summed E-state index contributed by atoms with van der Waals surface area (Å²) >= 11 is 0. The Morgan fingerprint density at radius 1 is 0.969 bits per heavy atom. The summed E-state index contributed by atoms with van der Waals surface area (Å²) in [5.74, 6) is -0.283. The van der Waals surface area contributed by atoms with E-state index in [0.717, 1.165) is 24.7 Å². The highest BCUT2D eigenvalue weighted by Gasteiger charge is 2.31. The summed E-state index contributed by atoms with van der Waals surface area (Å²) in [6.07, 6.45) is 2.90. The quantitative estimate of drug-likeness (QED) is 0.679. The van der Waals surface area contributed by atoms with E-state index in [-0.39, 0.29) is 17.6 Å². The minimum Gasteiger partial charge on any atom is -0.490 e. The third kappa shape index (κ3) is 4.66. The molecule has 8 heteroatoms. The van der Waals surface area contributed by atoms with Crippen molar-refractivity contribution >= 4 is 15.9 Å². The first-order valence-electron chi connectivity index (χ1n) is 11.1. The van der Waals surface area contributed by atoms with E-state index in [1.54, 1.807) is 4.90 Å². The van der Waals surface area contributed by atoms with Gasteiger partial charge in [0.2, 0.25) is 10.0 Å². The van der Waals surface area contributed by atoms with E-state index in [0.29, 0.717) is 39.0 Å². The molecule has 2 saturated heterocycles. The monoisotopic (exact) mass is 460 g/mol. The molecule has 2 aliphatic rings. The standard InChI is InChI=1S/C24H29FN2O4S/c1-17-5-7-21(15-18(17)2)31-20-9-13-26(14-10-20)24(28)19-6-8-22(25)23(16-19)32(29,30)27-11-3-4-12-27/h5-8,15-16,20H,3-4,9-14H2,1-2H3. The molecule has 0 bridgehead atoms. The predicted octanol–water partition coefficient (Wildman–Crippen LogP) is 3.91. The fraction of sp³-hybridized carbons (Fsp3) is 0.458. The number of likely N-dealkylation sites (tertiary alicyclic amines) is 1. The molecule has 2 aromatic carbocycles. The first-order chi connectivity index (χ1) is 15.3. The number of rotatable bonds is 5. The van der Waals surface area contributed by atoms with Gasteiger partial charge in [0.1, 0.15) is 22.6 Å². The summed E-state index contributed by atoms with van der Waals surface area (Å²) in [6.45, 7) is 5.87. The zero-order valence-electron chi connectivity index (χ0n) is 18.5. The molecule has 0 aromatic heterocycles. The van der Waals surface area contributed by atoms with Gasteiger partial charge in [-0.05, 0) is 68.1 Å². The van der Waals surface area contributed by atoms with Crippen LogP contribution in [0, 0.1) is 19.7 Å². The maximum Gasteiger partial charge on any atom is 0.253 e. The Labute approximate surface area is 189 Å². The number of halogens is 1. The van der Waals surface area contributed by atoms with Crippen molar-refractivity contribution in [3.8, 4) is 5.75 Å². The molecular formula is C24H29FN2O4S. The molecule has 0 saturated carbocycles. The molecule has 2 aromatic rings. The maximum atomic E-state index is 14.4. The predicted molar refractivity (Wildman–Crippen MR) is 120 cm³/mol. The Hall–Kier alpha value is -2.45. The number of carbonyl (C=O) groups is 1. The highest BCUT2D eigenvalue weighted by atomic mass is 32.2. The molecule has 6 nitrogen and oxygen atoms in total. The van der Waals surface area contributed by atoms with Crippen molar-refractivity contribution in [3.63, 3.8) is 0 Å². The second-order valence-electron chi connectivity index (χ2n) is 8.61. The molecule has 0 unspecified atom stereocenters. The number of amides is 1. The second-order valence-corrected chi connectivity index (χ2v) is 10.5. The largest absolute Gasteiger partial charge is 0.490 e. The summed E-state index contributed by atoms with van der Waals surface area (Å²) in [6, 6.07) is 9.63. The van der Waals surface area contributed by atoms with Crippen molar-refractivity contribution in [1.29, 1.82) is 0 Å². The molecule has 0 radical (unpaired) electrons. The van der Waals surface area contributed by atoms with Crippen LogP contribution in [0.4, 0.5) is 4.39 Å². The molecule has 1 amide bonds. The maximum absolute atomic E-state index is 14.4. The van der Waals surface area contributed by atoms with Crippen molar-refractivity contribution in [2.75, 3.05) is 26.2 Å². The molecule has 4 rings (SSSR count). The number of piperidine rings is 1. The van der Waals surface area contributed by atoms with Crippen LogP contribution in [-0.4, -0.2) is 55.8 Å². The number of sulfonamides is 1. The molecule has 2 aliphatic heterocycles. The van der Waals surface area contributed by atoms with Crippen molar-refractivity contribution in [2.45, 2.75) is 50.5 Å². The molecule has 0 aliphatic carbocycles. The van der Waals surface area contributed by atoms with Crippen LogP contribution in [0.5, 0.6) is 5.75 Å². The summed E-state index contributed by atoms with van der Waals surface area (Å²) in [4.78, 5) is 14.3. The molecule has 0 atom stereocenters. The van der Waals surface area contributed by atoms with Crippen LogP contribution < -0.4 is 4.74 Å². The van der Waals surface area contributed by atoms with E-state index in [4.69, 9.17) is 4.74 Å². The van der Waals surface area contributed by atoms with E-state index in [9.17, 15) is 17.6 Å². The highest BCUT2D eigenvalue weighted by Crippen LogP contribution is 2.26. The Morgan fingerprint density at radius 3 is 2.31 bits per heavy atom. The lowest BCUT2D eigenvalue weighted by Gasteiger charge is -2.32. The number of carbonyl (C=O) groups excluding carboxylic acids is 1. The van der Waals surface area contributed by atoms with Gasteiger partial charge in [-0.3, -0.25) is 4.79 Å². The van der Waals surface area contributed by atoms with Crippen molar-refractivity contribution in [3.05, 3.63) is 58.9 Å². The third-order valence-corrected chi connectivity index (χ3v) is 8.28. The summed E-state index contributed by atoms with van der Waals surface area (Å²) in [5.41, 5.74) is 2.58. The summed E-state index contributed by atoms with van der Waals surface area (Å²) < 4.78 is 47.4. The van der Waals surface area contributed by atoms with Gasteiger partial charge in [0.15, 0.2) is 0 Å². The van der Waals surface area contributed by atoms with Crippen LogP contribution in [0.25, 0.3) is 0 Å². The SMILES string of the molecule is Cc1ccc(OC2CCN(C(=O)c3ccc(F)c(S(=O)(=O)N4CCCC4)c3)CC2)cc1C. The van der Waals surface area contributed by atoms with Gasteiger partial charge in [0.05, 0.1) is 0 Å². The molecule has 0 N–H and O–H groups in total. The van der Waals surface area contributed by atoms with Crippen LogP contribution >= 0.6 is 0 Å². The highest BCUT2D eigenvalue weighted by molar-refractivity contribution is 7.89. The van der Waals surface area contributed by atoms with Gasteiger partial charge in [-0.15, -0.1) is 0 Å². The number of nitrogens with zero attached hydrogens (tertiary/aromatic N) is 2. The Morgan fingerprint density at radius 2 is 1.66 bits per heavy atom. The van der Waals surface area contributed by atoms with Crippen molar-refractivity contribution in [2.24, 2.45) is 0 Å². The van der Waals surface area contributed by atoms with Gasteiger partial charge in [-0.2, -0.15) is 4.31 Å². The minimum absolute atomic E-state index is 0.0143. The summed E-state index contributed by atoms with van der Waals surface area (Å²) in [5, 5.41) is 0. The number of hydrogen-bond donors (Lipinski definition) is 0. The molecule has 32 heavy (non-hydrogen) atoms. The number of hydrogen-bond acceptors (Lipinski definition) is 4.